The molecule has 7 nitrogen and oxygen atoms in total. The van der Waals surface area contributed by atoms with E-state index in [-0.39, 0.29) is 5.69 Å². The molecule has 19 heavy (non-hydrogen) atoms. The van der Waals surface area contributed by atoms with Crippen molar-refractivity contribution in [2.24, 2.45) is 0 Å². The number of hydrogen-bond donors (Lipinski definition) is 1. The Labute approximate surface area is 110 Å². The largest absolute Gasteiger partial charge is 0.320 e. The topological polar surface area (TPSA) is 85.9 Å². The summed E-state index contributed by atoms with van der Waals surface area (Å²) in [4.78, 5) is 14.5. The molecule has 1 N–H and O–H groups in total. The SMILES string of the molecule is CNCCCn1cnc(-c2cccc([N+](=O)[O-])c2)n1. The molecule has 0 aliphatic carbocycles. The Balaban J connectivity index is 2.13. The number of rotatable bonds is 6. The Morgan fingerprint density at radius 1 is 1.47 bits per heavy atom. The van der Waals surface area contributed by atoms with Crippen molar-refractivity contribution in [2.45, 2.75) is 13.0 Å². The minimum Gasteiger partial charge on any atom is -0.320 e. The van der Waals surface area contributed by atoms with Crippen molar-refractivity contribution in [3.8, 4) is 11.4 Å². The lowest BCUT2D eigenvalue weighted by atomic mass is 10.2. The van der Waals surface area contributed by atoms with Crippen LogP contribution in [0.5, 0.6) is 0 Å². The molecule has 0 saturated carbocycles. The minimum atomic E-state index is -0.423. The second kappa shape index (κ2) is 6.05. The Bertz CT molecular complexity index is 567. The summed E-state index contributed by atoms with van der Waals surface area (Å²) in [5.74, 6) is 0.508. The van der Waals surface area contributed by atoms with Crippen LogP contribution < -0.4 is 5.32 Å². The van der Waals surface area contributed by atoms with Gasteiger partial charge in [-0.3, -0.25) is 14.8 Å². The van der Waals surface area contributed by atoms with E-state index < -0.39 is 4.92 Å². The second-order valence-electron chi connectivity index (χ2n) is 4.10. The van der Waals surface area contributed by atoms with Crippen LogP contribution in [-0.4, -0.2) is 33.3 Å². The molecule has 7 heteroatoms. The summed E-state index contributed by atoms with van der Waals surface area (Å²) in [6, 6.07) is 6.33. The first-order chi connectivity index (χ1) is 9.20. The maximum Gasteiger partial charge on any atom is 0.270 e. The van der Waals surface area contributed by atoms with E-state index in [0.717, 1.165) is 19.5 Å². The van der Waals surface area contributed by atoms with Gasteiger partial charge in [-0.2, -0.15) is 5.10 Å². The van der Waals surface area contributed by atoms with E-state index in [4.69, 9.17) is 0 Å². The van der Waals surface area contributed by atoms with Crippen LogP contribution in [0.3, 0.4) is 0 Å². The van der Waals surface area contributed by atoms with Gasteiger partial charge in [0.2, 0.25) is 0 Å². The lowest BCUT2D eigenvalue weighted by molar-refractivity contribution is -0.384. The molecular formula is C12H15N5O2. The molecule has 0 aliphatic heterocycles. The van der Waals surface area contributed by atoms with Gasteiger partial charge in [-0.25, -0.2) is 4.98 Å². The standard InChI is InChI=1S/C12H15N5O2/c1-13-6-3-7-16-9-14-12(15-16)10-4-2-5-11(8-10)17(18)19/h2,4-5,8-9,13H,3,6-7H2,1H3. The molecule has 0 amide bonds. The van der Waals surface area contributed by atoms with Crippen LogP contribution in [0.1, 0.15) is 6.42 Å². The predicted octanol–water partition coefficient (Wildman–Crippen LogP) is 1.46. The Morgan fingerprint density at radius 3 is 3.05 bits per heavy atom. The van der Waals surface area contributed by atoms with Crippen LogP contribution in [0.4, 0.5) is 5.69 Å². The maximum atomic E-state index is 10.7. The summed E-state index contributed by atoms with van der Waals surface area (Å²) in [5, 5.41) is 18.1. The third-order valence-electron chi connectivity index (χ3n) is 2.67. The molecule has 1 heterocycles. The van der Waals surface area contributed by atoms with Gasteiger partial charge in [0.15, 0.2) is 5.82 Å². The minimum absolute atomic E-state index is 0.0454. The number of non-ortho nitro benzene ring substituents is 1. The number of aryl methyl sites for hydroxylation is 1. The zero-order valence-electron chi connectivity index (χ0n) is 10.6. The number of hydrogen-bond acceptors (Lipinski definition) is 5. The van der Waals surface area contributed by atoms with Gasteiger partial charge in [0.25, 0.3) is 5.69 Å². The van der Waals surface area contributed by atoms with Crippen molar-refractivity contribution in [1.82, 2.24) is 20.1 Å². The fourth-order valence-electron chi connectivity index (χ4n) is 1.71. The van der Waals surface area contributed by atoms with E-state index in [2.05, 4.69) is 15.4 Å². The summed E-state index contributed by atoms with van der Waals surface area (Å²) in [7, 11) is 1.90. The van der Waals surface area contributed by atoms with Gasteiger partial charge in [-0.1, -0.05) is 12.1 Å². The molecule has 2 aromatic rings. The molecule has 0 bridgehead atoms. The third kappa shape index (κ3) is 3.35. The lowest BCUT2D eigenvalue weighted by Crippen LogP contribution is -2.11. The number of aromatic nitrogens is 3. The highest BCUT2D eigenvalue weighted by Gasteiger charge is 2.10. The van der Waals surface area contributed by atoms with Crippen LogP contribution in [0, 0.1) is 10.1 Å². The van der Waals surface area contributed by atoms with Crippen LogP contribution in [-0.2, 0) is 6.54 Å². The van der Waals surface area contributed by atoms with E-state index in [0.29, 0.717) is 11.4 Å². The van der Waals surface area contributed by atoms with Gasteiger partial charge in [0.05, 0.1) is 4.92 Å². The molecule has 0 radical (unpaired) electrons. The molecule has 100 valence electrons. The predicted molar refractivity (Wildman–Crippen MR) is 70.7 cm³/mol. The van der Waals surface area contributed by atoms with Gasteiger partial charge in [-0.15, -0.1) is 0 Å². The first-order valence-corrected chi connectivity index (χ1v) is 5.99. The number of nitrogens with zero attached hydrogens (tertiary/aromatic N) is 4. The maximum absolute atomic E-state index is 10.7. The Morgan fingerprint density at radius 2 is 2.32 bits per heavy atom. The number of benzene rings is 1. The molecule has 2 rings (SSSR count). The second-order valence-corrected chi connectivity index (χ2v) is 4.10. The zero-order valence-corrected chi connectivity index (χ0v) is 10.6. The molecule has 0 fully saturated rings. The van der Waals surface area contributed by atoms with Crippen molar-refractivity contribution in [3.05, 3.63) is 40.7 Å². The normalized spacial score (nSPS) is 10.6. The van der Waals surface area contributed by atoms with Crippen molar-refractivity contribution in [1.29, 1.82) is 0 Å². The molecule has 0 saturated heterocycles. The average molecular weight is 261 g/mol. The Hall–Kier alpha value is -2.28. The molecule has 1 aromatic heterocycles. The van der Waals surface area contributed by atoms with Crippen LogP contribution in [0.15, 0.2) is 30.6 Å². The van der Waals surface area contributed by atoms with Gasteiger partial charge >= 0.3 is 0 Å². The van der Waals surface area contributed by atoms with E-state index in [9.17, 15) is 10.1 Å². The van der Waals surface area contributed by atoms with Crippen LogP contribution in [0.2, 0.25) is 0 Å². The van der Waals surface area contributed by atoms with Crippen molar-refractivity contribution in [3.63, 3.8) is 0 Å². The van der Waals surface area contributed by atoms with Crippen LogP contribution >= 0.6 is 0 Å². The Kier molecular flexibility index (Phi) is 4.19. The van der Waals surface area contributed by atoms with Gasteiger partial charge < -0.3 is 5.32 Å². The first kappa shape index (κ1) is 13.2. The summed E-state index contributed by atoms with van der Waals surface area (Å²) in [6.45, 7) is 1.68. The molecule has 0 spiro atoms. The quantitative estimate of drug-likeness (QED) is 0.483. The van der Waals surface area contributed by atoms with Crippen molar-refractivity contribution < 1.29 is 4.92 Å². The molecule has 1 aromatic carbocycles. The number of nitro benzene ring substituents is 1. The van der Waals surface area contributed by atoms with E-state index in [1.165, 1.54) is 12.1 Å². The van der Waals surface area contributed by atoms with E-state index in [1.807, 2.05) is 7.05 Å². The molecule has 0 atom stereocenters. The molecular weight excluding hydrogens is 246 g/mol. The summed E-state index contributed by atoms with van der Waals surface area (Å²) >= 11 is 0. The van der Waals surface area contributed by atoms with Gasteiger partial charge in [0, 0.05) is 24.2 Å². The summed E-state index contributed by atoms with van der Waals surface area (Å²) in [5.41, 5.74) is 0.700. The first-order valence-electron chi connectivity index (χ1n) is 5.99. The summed E-state index contributed by atoms with van der Waals surface area (Å²) in [6.07, 6.45) is 2.60. The van der Waals surface area contributed by atoms with Crippen molar-refractivity contribution in [2.75, 3.05) is 13.6 Å². The third-order valence-corrected chi connectivity index (χ3v) is 2.67. The monoisotopic (exact) mass is 261 g/mol. The van der Waals surface area contributed by atoms with Gasteiger partial charge in [0.1, 0.15) is 6.33 Å². The average Bonchev–Trinajstić information content (AvgIpc) is 2.88. The zero-order chi connectivity index (χ0) is 13.7. The lowest BCUT2D eigenvalue weighted by Gasteiger charge is -1.99. The fraction of sp³-hybridized carbons (Fsp3) is 0.333. The number of nitro groups is 1. The smallest absolute Gasteiger partial charge is 0.270 e. The van der Waals surface area contributed by atoms with Crippen molar-refractivity contribution >= 4 is 5.69 Å². The van der Waals surface area contributed by atoms with E-state index in [1.54, 1.807) is 23.1 Å². The summed E-state index contributed by atoms with van der Waals surface area (Å²) < 4.78 is 1.74. The molecule has 0 aliphatic rings. The fourth-order valence-corrected chi connectivity index (χ4v) is 1.71. The number of nitrogens with one attached hydrogen (secondary N) is 1. The van der Waals surface area contributed by atoms with Crippen LogP contribution in [0.25, 0.3) is 11.4 Å². The van der Waals surface area contributed by atoms with E-state index >= 15 is 0 Å². The highest BCUT2D eigenvalue weighted by molar-refractivity contribution is 5.58. The molecule has 0 unspecified atom stereocenters. The van der Waals surface area contributed by atoms with Gasteiger partial charge in [-0.05, 0) is 20.0 Å². The highest BCUT2D eigenvalue weighted by atomic mass is 16.6. The highest BCUT2D eigenvalue weighted by Crippen LogP contribution is 2.20.